The first kappa shape index (κ1) is 20.1. The molecule has 0 aliphatic carbocycles. The number of anilines is 1. The summed E-state index contributed by atoms with van der Waals surface area (Å²) in [5, 5.41) is 11.4. The van der Waals surface area contributed by atoms with Gasteiger partial charge in [-0.2, -0.15) is 0 Å². The Morgan fingerprint density at radius 2 is 1.79 bits per heavy atom. The summed E-state index contributed by atoms with van der Waals surface area (Å²) in [4.78, 5) is 12.2. The summed E-state index contributed by atoms with van der Waals surface area (Å²) >= 11 is 1.23. The number of hydrogen-bond donors (Lipinski definition) is 1. The lowest BCUT2D eigenvalue weighted by atomic mass is 9.99. The number of aryl methyl sites for hydroxylation is 2. The van der Waals surface area contributed by atoms with Gasteiger partial charge in [0.15, 0.2) is 0 Å². The van der Waals surface area contributed by atoms with Crippen LogP contribution in [0, 0.1) is 13.8 Å². The van der Waals surface area contributed by atoms with E-state index in [1.807, 2.05) is 38.1 Å². The van der Waals surface area contributed by atoms with E-state index >= 15 is 0 Å². The third-order valence-corrected chi connectivity index (χ3v) is 5.40. The molecule has 1 amide bonds. The zero-order chi connectivity index (χ0) is 20.1. The van der Waals surface area contributed by atoms with Gasteiger partial charge in [0.2, 0.25) is 11.8 Å². The highest BCUT2D eigenvalue weighted by Crippen LogP contribution is 2.25. The molecule has 1 atom stereocenters. The normalized spacial score (nSPS) is 12.0. The Labute approximate surface area is 170 Å². The number of aromatic nitrogens is 2. The summed E-state index contributed by atoms with van der Waals surface area (Å²) in [6, 6.07) is 14.1. The van der Waals surface area contributed by atoms with Crippen LogP contribution in [0.1, 0.15) is 42.9 Å². The summed E-state index contributed by atoms with van der Waals surface area (Å²) in [6.45, 7) is 8.42. The van der Waals surface area contributed by atoms with Crippen molar-refractivity contribution in [1.29, 1.82) is 0 Å². The molecule has 0 aliphatic rings. The van der Waals surface area contributed by atoms with Crippen molar-refractivity contribution in [1.82, 2.24) is 10.2 Å². The molecule has 0 unspecified atom stereocenters. The first-order chi connectivity index (χ1) is 13.4. The van der Waals surface area contributed by atoms with E-state index in [4.69, 9.17) is 4.42 Å². The summed E-state index contributed by atoms with van der Waals surface area (Å²) in [5.74, 6) is 1.09. The lowest BCUT2D eigenvalue weighted by Gasteiger charge is -2.10. The average molecular weight is 396 g/mol. The van der Waals surface area contributed by atoms with Crippen LogP contribution in [0.4, 0.5) is 5.69 Å². The molecule has 0 saturated heterocycles. The number of carbonyl (C=O) groups excluding carboxylic acids is 1. The van der Waals surface area contributed by atoms with E-state index in [9.17, 15) is 4.79 Å². The molecule has 28 heavy (non-hydrogen) atoms. The van der Waals surface area contributed by atoms with Crippen LogP contribution in [0.3, 0.4) is 0 Å². The molecule has 0 bridgehead atoms. The van der Waals surface area contributed by atoms with Gasteiger partial charge in [0.05, 0.1) is 5.75 Å². The highest BCUT2D eigenvalue weighted by Gasteiger charge is 2.12. The van der Waals surface area contributed by atoms with Gasteiger partial charge in [-0.1, -0.05) is 54.9 Å². The van der Waals surface area contributed by atoms with E-state index in [0.29, 0.717) is 17.0 Å². The maximum Gasteiger partial charge on any atom is 0.277 e. The minimum absolute atomic E-state index is 0.104. The second-order valence-corrected chi connectivity index (χ2v) is 7.94. The van der Waals surface area contributed by atoms with E-state index in [1.54, 1.807) is 0 Å². The zero-order valence-corrected chi connectivity index (χ0v) is 17.5. The molecule has 0 fully saturated rings. The summed E-state index contributed by atoms with van der Waals surface area (Å²) in [7, 11) is 0. The van der Waals surface area contributed by atoms with Crippen molar-refractivity contribution in [3.8, 4) is 11.5 Å². The number of nitrogens with zero attached hydrogens (tertiary/aromatic N) is 2. The lowest BCUT2D eigenvalue weighted by molar-refractivity contribution is -0.113. The van der Waals surface area contributed by atoms with Crippen molar-refractivity contribution in [3.05, 3.63) is 59.2 Å². The molecule has 1 N–H and O–H groups in total. The van der Waals surface area contributed by atoms with Gasteiger partial charge < -0.3 is 9.73 Å². The van der Waals surface area contributed by atoms with E-state index in [0.717, 1.165) is 28.8 Å². The average Bonchev–Trinajstić information content (AvgIpc) is 3.15. The molecule has 5 nitrogen and oxygen atoms in total. The summed E-state index contributed by atoms with van der Waals surface area (Å²) in [6.07, 6.45) is 1.09. The highest BCUT2D eigenvalue weighted by molar-refractivity contribution is 7.99. The number of thioether (sulfide) groups is 1. The molecule has 3 aromatic rings. The third kappa shape index (κ3) is 5.23. The minimum Gasteiger partial charge on any atom is -0.411 e. The Bertz CT molecular complexity index is 930. The van der Waals surface area contributed by atoms with Gasteiger partial charge in [-0.15, -0.1) is 10.2 Å². The number of benzene rings is 2. The van der Waals surface area contributed by atoms with Crippen molar-refractivity contribution in [2.24, 2.45) is 0 Å². The predicted molar refractivity (Wildman–Crippen MR) is 114 cm³/mol. The van der Waals surface area contributed by atoms with Crippen LogP contribution >= 0.6 is 11.8 Å². The standard InChI is InChI=1S/C22H25N3O2S/c1-5-16(4)17-6-8-19(9-7-17)23-20(26)13-28-22-25-24-21(27-22)18-11-14(2)10-15(3)12-18/h6-12,16H,5,13H2,1-4H3,(H,23,26)/t16-/m0/s1. The van der Waals surface area contributed by atoms with Gasteiger partial charge in [-0.05, 0) is 56.0 Å². The van der Waals surface area contributed by atoms with Gasteiger partial charge in [-0.3, -0.25) is 4.79 Å². The molecule has 1 heterocycles. The number of nitrogens with one attached hydrogen (secondary N) is 1. The van der Waals surface area contributed by atoms with Gasteiger partial charge in [-0.25, -0.2) is 0 Å². The molecule has 6 heteroatoms. The van der Waals surface area contributed by atoms with Gasteiger partial charge in [0.25, 0.3) is 5.22 Å². The number of rotatable bonds is 7. The van der Waals surface area contributed by atoms with Crippen molar-refractivity contribution >= 4 is 23.4 Å². The van der Waals surface area contributed by atoms with E-state index in [2.05, 4.69) is 47.6 Å². The van der Waals surface area contributed by atoms with Crippen LogP contribution in [0.25, 0.3) is 11.5 Å². The second kappa shape index (κ2) is 9.06. The molecular formula is C22H25N3O2S. The monoisotopic (exact) mass is 395 g/mol. The van der Waals surface area contributed by atoms with Crippen molar-refractivity contribution in [2.45, 2.75) is 45.3 Å². The molecule has 1 aromatic heterocycles. The Hall–Kier alpha value is -2.60. The second-order valence-electron chi connectivity index (χ2n) is 7.02. The fraction of sp³-hybridized carbons (Fsp3) is 0.318. The molecule has 3 rings (SSSR count). The van der Waals surface area contributed by atoms with Crippen LogP contribution < -0.4 is 5.32 Å². The fourth-order valence-electron chi connectivity index (χ4n) is 2.94. The van der Waals surface area contributed by atoms with Gasteiger partial charge in [0, 0.05) is 11.3 Å². The largest absolute Gasteiger partial charge is 0.411 e. The zero-order valence-electron chi connectivity index (χ0n) is 16.7. The first-order valence-electron chi connectivity index (χ1n) is 9.39. The molecule has 146 valence electrons. The van der Waals surface area contributed by atoms with Gasteiger partial charge >= 0.3 is 0 Å². The highest BCUT2D eigenvalue weighted by atomic mass is 32.2. The molecular weight excluding hydrogens is 370 g/mol. The first-order valence-corrected chi connectivity index (χ1v) is 10.4. The smallest absolute Gasteiger partial charge is 0.277 e. The molecule has 0 spiro atoms. The number of amides is 1. The van der Waals surface area contributed by atoms with E-state index in [-0.39, 0.29) is 11.7 Å². The number of carbonyl (C=O) groups is 1. The van der Waals surface area contributed by atoms with Crippen LogP contribution in [0.15, 0.2) is 52.1 Å². The maximum absolute atomic E-state index is 12.2. The van der Waals surface area contributed by atoms with Crippen LogP contribution in [0.5, 0.6) is 0 Å². The lowest BCUT2D eigenvalue weighted by Crippen LogP contribution is -2.14. The molecule has 0 aliphatic heterocycles. The Morgan fingerprint density at radius 3 is 2.43 bits per heavy atom. The summed E-state index contributed by atoms with van der Waals surface area (Å²) in [5.41, 5.74) is 5.24. The van der Waals surface area contributed by atoms with E-state index in [1.165, 1.54) is 17.3 Å². The Morgan fingerprint density at radius 1 is 1.11 bits per heavy atom. The van der Waals surface area contributed by atoms with Crippen molar-refractivity contribution in [2.75, 3.05) is 11.1 Å². The maximum atomic E-state index is 12.2. The Kier molecular flexibility index (Phi) is 6.52. The molecule has 2 aromatic carbocycles. The van der Waals surface area contributed by atoms with Crippen molar-refractivity contribution < 1.29 is 9.21 Å². The molecule has 0 radical (unpaired) electrons. The van der Waals surface area contributed by atoms with Crippen LogP contribution in [-0.4, -0.2) is 21.9 Å². The van der Waals surface area contributed by atoms with E-state index < -0.39 is 0 Å². The fourth-order valence-corrected chi connectivity index (χ4v) is 3.50. The Balaban J connectivity index is 1.56. The predicted octanol–water partition coefficient (Wildman–Crippen LogP) is 5.60. The third-order valence-electron chi connectivity index (χ3n) is 4.58. The van der Waals surface area contributed by atoms with Crippen molar-refractivity contribution in [3.63, 3.8) is 0 Å². The van der Waals surface area contributed by atoms with Crippen LogP contribution in [-0.2, 0) is 4.79 Å². The quantitative estimate of drug-likeness (QED) is 0.528. The van der Waals surface area contributed by atoms with Gasteiger partial charge in [0.1, 0.15) is 0 Å². The van der Waals surface area contributed by atoms with Crippen LogP contribution in [0.2, 0.25) is 0 Å². The molecule has 0 saturated carbocycles. The number of hydrogen-bond acceptors (Lipinski definition) is 5. The SMILES string of the molecule is CC[C@H](C)c1ccc(NC(=O)CSc2nnc(-c3cc(C)cc(C)c3)o2)cc1. The summed E-state index contributed by atoms with van der Waals surface area (Å²) < 4.78 is 5.70. The topological polar surface area (TPSA) is 68.0 Å². The minimum atomic E-state index is -0.104.